The van der Waals surface area contributed by atoms with Crippen LogP contribution in [0.3, 0.4) is 0 Å². The van der Waals surface area contributed by atoms with E-state index in [4.69, 9.17) is 11.6 Å². The van der Waals surface area contributed by atoms with Gasteiger partial charge in [0.25, 0.3) is 0 Å². The highest BCUT2D eigenvalue weighted by atomic mass is 35.5. The molecule has 0 fully saturated rings. The molecule has 0 spiro atoms. The summed E-state index contributed by atoms with van der Waals surface area (Å²) in [5.74, 6) is 0.292. The van der Waals surface area contributed by atoms with Gasteiger partial charge < -0.3 is 5.32 Å². The third-order valence-corrected chi connectivity index (χ3v) is 4.14. The first-order valence-electron chi connectivity index (χ1n) is 8.47. The van der Waals surface area contributed by atoms with Gasteiger partial charge in [-0.2, -0.15) is 0 Å². The van der Waals surface area contributed by atoms with Crippen LogP contribution >= 0.6 is 11.6 Å². The maximum atomic E-state index is 12.7. The molecular formula is C20H32ClNO. The van der Waals surface area contributed by atoms with Gasteiger partial charge in [0.2, 0.25) is 0 Å². The monoisotopic (exact) mass is 337 g/mol. The Morgan fingerprint density at radius 3 is 2.26 bits per heavy atom. The molecule has 0 aromatic heterocycles. The van der Waals surface area contributed by atoms with Gasteiger partial charge in [0.15, 0.2) is 5.78 Å². The predicted molar refractivity (Wildman–Crippen MR) is 100 cm³/mol. The molecule has 0 bridgehead atoms. The van der Waals surface area contributed by atoms with Gasteiger partial charge in [0, 0.05) is 16.0 Å². The molecule has 0 aliphatic heterocycles. The van der Waals surface area contributed by atoms with Crippen LogP contribution in [-0.2, 0) is 11.2 Å². The Labute approximate surface area is 147 Å². The molecule has 23 heavy (non-hydrogen) atoms. The van der Waals surface area contributed by atoms with Crippen LogP contribution in [0.2, 0.25) is 5.02 Å². The van der Waals surface area contributed by atoms with Crippen molar-refractivity contribution in [1.29, 1.82) is 0 Å². The van der Waals surface area contributed by atoms with Crippen molar-refractivity contribution in [2.45, 2.75) is 79.3 Å². The highest BCUT2D eigenvalue weighted by Crippen LogP contribution is 2.22. The van der Waals surface area contributed by atoms with Gasteiger partial charge in [-0.3, -0.25) is 4.79 Å². The molecule has 3 heteroatoms. The van der Waals surface area contributed by atoms with E-state index >= 15 is 0 Å². The van der Waals surface area contributed by atoms with E-state index < -0.39 is 0 Å². The number of hydrogen-bond acceptors (Lipinski definition) is 2. The number of carbonyl (C=O) groups is 1. The first kappa shape index (κ1) is 20.2. The lowest BCUT2D eigenvalue weighted by Crippen LogP contribution is -2.50. The molecule has 1 atom stereocenters. The van der Waals surface area contributed by atoms with Crippen LogP contribution in [0.4, 0.5) is 0 Å². The van der Waals surface area contributed by atoms with Gasteiger partial charge in [-0.15, -0.1) is 0 Å². The minimum Gasteiger partial charge on any atom is -0.303 e. The second-order valence-electron chi connectivity index (χ2n) is 8.52. The van der Waals surface area contributed by atoms with Gasteiger partial charge >= 0.3 is 0 Å². The lowest BCUT2D eigenvalue weighted by molar-refractivity contribution is -0.129. The number of hydrogen-bond donors (Lipinski definition) is 1. The summed E-state index contributed by atoms with van der Waals surface area (Å²) in [6.45, 7) is 14.4. The summed E-state index contributed by atoms with van der Waals surface area (Å²) in [5, 5.41) is 4.28. The van der Waals surface area contributed by atoms with Crippen molar-refractivity contribution in [2.75, 3.05) is 0 Å². The van der Waals surface area contributed by atoms with Crippen LogP contribution < -0.4 is 5.32 Å². The molecule has 0 aliphatic carbocycles. The van der Waals surface area contributed by atoms with E-state index in [1.165, 1.54) is 11.1 Å². The third kappa shape index (κ3) is 7.05. The lowest BCUT2D eigenvalue weighted by atomic mass is 9.83. The largest absolute Gasteiger partial charge is 0.303 e. The smallest absolute Gasteiger partial charge is 0.155 e. The number of Topliss-reactive ketones (excluding diaryl/α,β-unsaturated/α-hetero) is 1. The van der Waals surface area contributed by atoms with E-state index in [-0.39, 0.29) is 17.0 Å². The number of carbonyl (C=O) groups excluding carboxylic acids is 1. The number of benzene rings is 1. The van der Waals surface area contributed by atoms with Crippen LogP contribution in [0.15, 0.2) is 18.2 Å². The van der Waals surface area contributed by atoms with Crippen LogP contribution in [0, 0.1) is 12.3 Å². The van der Waals surface area contributed by atoms with Crippen molar-refractivity contribution >= 4 is 17.4 Å². The first-order valence-corrected chi connectivity index (χ1v) is 8.85. The van der Waals surface area contributed by atoms with E-state index in [0.29, 0.717) is 5.78 Å². The van der Waals surface area contributed by atoms with E-state index in [0.717, 1.165) is 24.3 Å². The highest BCUT2D eigenvalue weighted by Gasteiger charge is 2.31. The molecule has 1 aromatic rings. The molecular weight excluding hydrogens is 306 g/mol. The second-order valence-corrected chi connectivity index (χ2v) is 8.96. The topological polar surface area (TPSA) is 29.1 Å². The molecule has 1 unspecified atom stereocenters. The van der Waals surface area contributed by atoms with Crippen LogP contribution in [0.5, 0.6) is 0 Å². The highest BCUT2D eigenvalue weighted by molar-refractivity contribution is 6.30. The number of rotatable bonds is 6. The predicted octanol–water partition coefficient (Wildman–Crippen LogP) is 5.34. The Morgan fingerprint density at radius 2 is 1.78 bits per heavy atom. The van der Waals surface area contributed by atoms with Crippen molar-refractivity contribution in [2.24, 2.45) is 5.41 Å². The van der Waals surface area contributed by atoms with Crippen LogP contribution in [-0.4, -0.2) is 17.4 Å². The maximum Gasteiger partial charge on any atom is 0.155 e. The van der Waals surface area contributed by atoms with Gasteiger partial charge in [-0.05, 0) is 70.2 Å². The summed E-state index contributed by atoms with van der Waals surface area (Å²) in [6, 6.07) is 5.94. The molecule has 1 rings (SSSR count). The van der Waals surface area contributed by atoms with E-state index in [1.54, 1.807) is 0 Å². The zero-order valence-electron chi connectivity index (χ0n) is 15.7. The average molecular weight is 338 g/mol. The number of nitrogens with one attached hydrogen (secondary N) is 1. The Hall–Kier alpha value is -0.860. The maximum absolute atomic E-state index is 12.7. The Bertz CT molecular complexity index is 538. The Kier molecular flexibility index (Phi) is 6.85. The fourth-order valence-corrected chi connectivity index (χ4v) is 2.98. The van der Waals surface area contributed by atoms with Gasteiger partial charge in [0.1, 0.15) is 0 Å². The SMILES string of the molecule is Cc1cc(Cl)ccc1CCCC(NC(C)(C)C)C(=O)C(C)(C)C. The fourth-order valence-electron chi connectivity index (χ4n) is 2.75. The lowest BCUT2D eigenvalue weighted by Gasteiger charge is -2.32. The number of halogens is 1. The summed E-state index contributed by atoms with van der Waals surface area (Å²) >= 11 is 6.01. The van der Waals surface area contributed by atoms with Crippen molar-refractivity contribution in [3.63, 3.8) is 0 Å². The molecule has 0 heterocycles. The van der Waals surface area contributed by atoms with Gasteiger partial charge in [0.05, 0.1) is 6.04 Å². The van der Waals surface area contributed by atoms with Gasteiger partial charge in [-0.1, -0.05) is 38.4 Å². The summed E-state index contributed by atoms with van der Waals surface area (Å²) in [5.41, 5.74) is 2.15. The first-order chi connectivity index (χ1) is 10.4. The van der Waals surface area contributed by atoms with Crippen molar-refractivity contribution in [3.05, 3.63) is 34.3 Å². The molecule has 130 valence electrons. The molecule has 1 N–H and O–H groups in total. The molecule has 1 aromatic carbocycles. The number of ketones is 1. The molecule has 0 radical (unpaired) electrons. The molecule has 0 saturated heterocycles. The fraction of sp³-hybridized carbons (Fsp3) is 0.650. The van der Waals surface area contributed by atoms with Crippen LogP contribution in [0.1, 0.15) is 65.5 Å². The Morgan fingerprint density at radius 1 is 1.17 bits per heavy atom. The van der Waals surface area contributed by atoms with Crippen molar-refractivity contribution in [1.82, 2.24) is 5.32 Å². The van der Waals surface area contributed by atoms with E-state index in [9.17, 15) is 4.79 Å². The molecule has 2 nitrogen and oxygen atoms in total. The normalized spacial score (nSPS) is 13.9. The number of aryl methyl sites for hydroxylation is 2. The summed E-state index contributed by atoms with van der Waals surface area (Å²) in [6.07, 6.45) is 2.82. The van der Waals surface area contributed by atoms with Gasteiger partial charge in [-0.25, -0.2) is 0 Å². The molecule has 0 saturated carbocycles. The zero-order chi connectivity index (χ0) is 17.8. The zero-order valence-corrected chi connectivity index (χ0v) is 16.5. The third-order valence-electron chi connectivity index (χ3n) is 3.91. The molecule has 0 amide bonds. The summed E-state index contributed by atoms with van der Waals surface area (Å²) in [7, 11) is 0. The minimum atomic E-state index is -0.320. The Balaban J connectivity index is 2.72. The average Bonchev–Trinajstić information content (AvgIpc) is 2.36. The van der Waals surface area contributed by atoms with E-state index in [1.807, 2.05) is 32.9 Å². The molecule has 0 aliphatic rings. The van der Waals surface area contributed by atoms with Crippen molar-refractivity contribution < 1.29 is 4.79 Å². The summed E-state index contributed by atoms with van der Waals surface area (Å²) < 4.78 is 0. The minimum absolute atomic E-state index is 0.0677. The van der Waals surface area contributed by atoms with E-state index in [2.05, 4.69) is 39.1 Å². The second kappa shape index (κ2) is 7.81. The quantitative estimate of drug-likeness (QED) is 0.758. The van der Waals surface area contributed by atoms with Crippen LogP contribution in [0.25, 0.3) is 0 Å². The standard InChI is InChI=1S/C20H32ClNO/c1-14-13-16(21)12-11-15(14)9-8-10-17(22-20(5,6)7)18(23)19(2,3)4/h11-13,17,22H,8-10H2,1-7H3. The van der Waals surface area contributed by atoms with Crippen molar-refractivity contribution in [3.8, 4) is 0 Å². The summed E-state index contributed by atoms with van der Waals surface area (Å²) in [4.78, 5) is 12.7.